The Bertz CT molecular complexity index is 518. The second-order valence-corrected chi connectivity index (χ2v) is 5.78. The van der Waals surface area contributed by atoms with E-state index in [1.165, 1.54) is 0 Å². The van der Waals surface area contributed by atoms with Crippen molar-refractivity contribution in [3.8, 4) is 0 Å². The molecule has 2 atom stereocenters. The SMILES string of the molecule is CC(C(=O)NCc1ccc(Cl)cc1)N1CCC(C(=O)O)C1. The number of benzene rings is 1. The summed E-state index contributed by atoms with van der Waals surface area (Å²) in [6.07, 6.45) is 0.601. The predicted octanol–water partition coefficient (Wildman–Crippen LogP) is 1.75. The molecule has 1 aliphatic rings. The molecule has 1 fully saturated rings. The normalized spacial score (nSPS) is 20.2. The molecule has 0 radical (unpaired) electrons. The fraction of sp³-hybridized carbons (Fsp3) is 0.467. The Morgan fingerprint density at radius 3 is 2.67 bits per heavy atom. The first kappa shape index (κ1) is 15.8. The number of carbonyl (C=O) groups is 2. The van der Waals surface area contributed by atoms with Crippen LogP contribution in [0.5, 0.6) is 0 Å². The molecule has 5 nitrogen and oxygen atoms in total. The zero-order valence-corrected chi connectivity index (χ0v) is 12.6. The van der Waals surface area contributed by atoms with Crippen LogP contribution in [0, 0.1) is 5.92 Å². The summed E-state index contributed by atoms with van der Waals surface area (Å²) in [5.74, 6) is -1.24. The van der Waals surface area contributed by atoms with Gasteiger partial charge in [-0.3, -0.25) is 14.5 Å². The second-order valence-electron chi connectivity index (χ2n) is 5.34. The molecule has 2 unspecified atom stereocenters. The van der Waals surface area contributed by atoms with Crippen molar-refractivity contribution in [1.82, 2.24) is 10.2 Å². The molecule has 1 aliphatic heterocycles. The highest BCUT2D eigenvalue weighted by Crippen LogP contribution is 2.19. The molecular weight excluding hydrogens is 292 g/mol. The minimum absolute atomic E-state index is 0.0870. The largest absolute Gasteiger partial charge is 0.481 e. The van der Waals surface area contributed by atoms with Crippen molar-refractivity contribution in [2.75, 3.05) is 13.1 Å². The van der Waals surface area contributed by atoms with Crippen molar-refractivity contribution in [1.29, 1.82) is 0 Å². The molecule has 0 aromatic heterocycles. The van der Waals surface area contributed by atoms with Gasteiger partial charge < -0.3 is 10.4 Å². The van der Waals surface area contributed by atoms with E-state index in [0.717, 1.165) is 5.56 Å². The Labute approximate surface area is 128 Å². The first-order valence-electron chi connectivity index (χ1n) is 6.96. The van der Waals surface area contributed by atoms with Gasteiger partial charge in [-0.1, -0.05) is 23.7 Å². The first-order chi connectivity index (χ1) is 9.97. The summed E-state index contributed by atoms with van der Waals surface area (Å²) in [6.45, 7) is 3.33. The van der Waals surface area contributed by atoms with Gasteiger partial charge in [-0.05, 0) is 37.6 Å². The van der Waals surface area contributed by atoms with Gasteiger partial charge in [-0.2, -0.15) is 0 Å². The van der Waals surface area contributed by atoms with Crippen LogP contribution in [0.4, 0.5) is 0 Å². The Balaban J connectivity index is 1.83. The summed E-state index contributed by atoms with van der Waals surface area (Å²) < 4.78 is 0. The summed E-state index contributed by atoms with van der Waals surface area (Å²) >= 11 is 5.81. The maximum atomic E-state index is 12.1. The molecule has 1 aromatic rings. The quantitative estimate of drug-likeness (QED) is 0.869. The molecule has 114 valence electrons. The van der Waals surface area contributed by atoms with E-state index in [-0.39, 0.29) is 17.9 Å². The summed E-state index contributed by atoms with van der Waals surface area (Å²) in [7, 11) is 0. The van der Waals surface area contributed by atoms with E-state index in [9.17, 15) is 9.59 Å². The van der Waals surface area contributed by atoms with Crippen LogP contribution in [0.15, 0.2) is 24.3 Å². The van der Waals surface area contributed by atoms with Crippen molar-refractivity contribution >= 4 is 23.5 Å². The van der Waals surface area contributed by atoms with Crippen molar-refractivity contribution in [3.63, 3.8) is 0 Å². The summed E-state index contributed by atoms with van der Waals surface area (Å²) in [5.41, 5.74) is 0.977. The van der Waals surface area contributed by atoms with E-state index in [4.69, 9.17) is 16.7 Å². The fourth-order valence-electron chi connectivity index (χ4n) is 2.45. The lowest BCUT2D eigenvalue weighted by Crippen LogP contribution is -2.44. The van der Waals surface area contributed by atoms with Gasteiger partial charge in [-0.15, -0.1) is 0 Å². The van der Waals surface area contributed by atoms with E-state index in [1.54, 1.807) is 19.1 Å². The van der Waals surface area contributed by atoms with Gasteiger partial charge in [0.15, 0.2) is 0 Å². The lowest BCUT2D eigenvalue weighted by Gasteiger charge is -2.23. The van der Waals surface area contributed by atoms with Crippen molar-refractivity contribution in [2.45, 2.75) is 25.9 Å². The number of rotatable bonds is 5. The molecule has 0 saturated carbocycles. The van der Waals surface area contributed by atoms with Crippen molar-refractivity contribution in [2.24, 2.45) is 5.92 Å². The number of amides is 1. The third kappa shape index (κ3) is 4.19. The molecule has 0 bridgehead atoms. The lowest BCUT2D eigenvalue weighted by atomic mass is 10.1. The molecule has 2 rings (SSSR count). The van der Waals surface area contributed by atoms with Crippen LogP contribution in [0.3, 0.4) is 0 Å². The monoisotopic (exact) mass is 310 g/mol. The van der Waals surface area contributed by atoms with Gasteiger partial charge >= 0.3 is 5.97 Å². The smallest absolute Gasteiger partial charge is 0.307 e. The predicted molar refractivity (Wildman–Crippen MR) is 80.1 cm³/mol. The van der Waals surface area contributed by atoms with E-state index in [2.05, 4.69) is 5.32 Å². The maximum absolute atomic E-state index is 12.1. The van der Waals surface area contributed by atoms with Crippen molar-refractivity contribution in [3.05, 3.63) is 34.9 Å². The molecule has 2 N–H and O–H groups in total. The average molecular weight is 311 g/mol. The summed E-state index contributed by atoms with van der Waals surface area (Å²) in [4.78, 5) is 25.0. The molecule has 1 saturated heterocycles. The number of aliphatic carboxylic acids is 1. The number of nitrogens with one attached hydrogen (secondary N) is 1. The highest BCUT2D eigenvalue weighted by atomic mass is 35.5. The average Bonchev–Trinajstić information content (AvgIpc) is 2.95. The Morgan fingerprint density at radius 2 is 2.10 bits per heavy atom. The molecule has 1 heterocycles. The molecule has 0 spiro atoms. The minimum Gasteiger partial charge on any atom is -0.481 e. The molecule has 0 aliphatic carbocycles. The number of halogens is 1. The first-order valence-corrected chi connectivity index (χ1v) is 7.34. The van der Waals surface area contributed by atoms with E-state index in [0.29, 0.717) is 31.1 Å². The Hall–Kier alpha value is -1.59. The Kier molecular flexibility index (Phi) is 5.20. The van der Waals surface area contributed by atoms with Gasteiger partial charge in [0.1, 0.15) is 0 Å². The maximum Gasteiger partial charge on any atom is 0.307 e. The van der Waals surface area contributed by atoms with Gasteiger partial charge in [0, 0.05) is 18.1 Å². The van der Waals surface area contributed by atoms with Crippen molar-refractivity contribution < 1.29 is 14.7 Å². The minimum atomic E-state index is -0.786. The molecule has 6 heteroatoms. The van der Waals surface area contributed by atoms with E-state index in [1.807, 2.05) is 17.0 Å². The highest BCUT2D eigenvalue weighted by molar-refractivity contribution is 6.30. The van der Waals surface area contributed by atoms with Crippen LogP contribution in [0.1, 0.15) is 18.9 Å². The van der Waals surface area contributed by atoms with Crippen LogP contribution in [0.25, 0.3) is 0 Å². The fourth-order valence-corrected chi connectivity index (χ4v) is 2.57. The van der Waals surface area contributed by atoms with Crippen LogP contribution in [-0.4, -0.2) is 41.0 Å². The summed E-state index contributed by atoms with van der Waals surface area (Å²) in [5, 5.41) is 12.5. The number of carboxylic acid groups (broad SMARTS) is 1. The molecule has 1 amide bonds. The summed E-state index contributed by atoms with van der Waals surface area (Å²) in [6, 6.07) is 6.98. The lowest BCUT2D eigenvalue weighted by molar-refractivity contribution is -0.141. The van der Waals surface area contributed by atoms with Gasteiger partial charge in [0.2, 0.25) is 5.91 Å². The third-order valence-corrected chi connectivity index (χ3v) is 4.13. The molecular formula is C15H19ClN2O3. The van der Waals surface area contributed by atoms with E-state index >= 15 is 0 Å². The topological polar surface area (TPSA) is 69.6 Å². The number of nitrogens with zero attached hydrogens (tertiary/aromatic N) is 1. The highest BCUT2D eigenvalue weighted by Gasteiger charge is 2.32. The zero-order valence-electron chi connectivity index (χ0n) is 11.9. The van der Waals surface area contributed by atoms with E-state index < -0.39 is 5.97 Å². The zero-order chi connectivity index (χ0) is 15.4. The molecule has 1 aromatic carbocycles. The number of carbonyl (C=O) groups excluding carboxylic acids is 1. The van der Waals surface area contributed by atoms with Gasteiger partial charge in [0.25, 0.3) is 0 Å². The van der Waals surface area contributed by atoms with Crippen LogP contribution in [0.2, 0.25) is 5.02 Å². The number of carboxylic acids is 1. The number of hydrogen-bond acceptors (Lipinski definition) is 3. The Morgan fingerprint density at radius 1 is 1.43 bits per heavy atom. The van der Waals surface area contributed by atoms with Crippen LogP contribution >= 0.6 is 11.6 Å². The third-order valence-electron chi connectivity index (χ3n) is 3.88. The number of likely N-dealkylation sites (tertiary alicyclic amines) is 1. The second kappa shape index (κ2) is 6.91. The van der Waals surface area contributed by atoms with Gasteiger partial charge in [-0.25, -0.2) is 0 Å². The van der Waals surface area contributed by atoms with Gasteiger partial charge in [0.05, 0.1) is 12.0 Å². The van der Waals surface area contributed by atoms with Crippen LogP contribution < -0.4 is 5.32 Å². The molecule has 21 heavy (non-hydrogen) atoms. The standard InChI is InChI=1S/C15H19ClN2O3/c1-10(18-7-6-12(9-18)15(20)21)14(19)17-8-11-2-4-13(16)5-3-11/h2-5,10,12H,6-9H2,1H3,(H,17,19)(H,20,21). The van der Waals surface area contributed by atoms with Crippen LogP contribution in [-0.2, 0) is 16.1 Å². The number of hydrogen-bond donors (Lipinski definition) is 2.